The maximum atomic E-state index is 10.8. The van der Waals surface area contributed by atoms with Gasteiger partial charge in [0, 0.05) is 26.2 Å². The molecule has 5 heteroatoms. The molecular formula is C12H25N3O2. The van der Waals surface area contributed by atoms with Gasteiger partial charge < -0.3 is 20.2 Å². The van der Waals surface area contributed by atoms with Crippen molar-refractivity contribution in [1.82, 2.24) is 15.1 Å². The SMILES string of the molecule is CCC(NCCCN1CCN(C)CC1)C(=O)O. The van der Waals surface area contributed by atoms with Gasteiger partial charge in [0.2, 0.25) is 0 Å². The molecule has 0 radical (unpaired) electrons. The fourth-order valence-electron chi connectivity index (χ4n) is 2.06. The van der Waals surface area contributed by atoms with Crippen LogP contribution < -0.4 is 5.32 Å². The van der Waals surface area contributed by atoms with E-state index in [9.17, 15) is 4.79 Å². The molecule has 1 aliphatic heterocycles. The van der Waals surface area contributed by atoms with Crippen LogP contribution in [-0.2, 0) is 4.79 Å². The van der Waals surface area contributed by atoms with Crippen molar-refractivity contribution in [3.63, 3.8) is 0 Å². The van der Waals surface area contributed by atoms with Crippen LogP contribution in [0.5, 0.6) is 0 Å². The third-order valence-corrected chi connectivity index (χ3v) is 3.34. The summed E-state index contributed by atoms with van der Waals surface area (Å²) in [5.74, 6) is -0.743. The Morgan fingerprint density at radius 2 is 2.00 bits per heavy atom. The summed E-state index contributed by atoms with van der Waals surface area (Å²) in [6.45, 7) is 8.29. The highest BCUT2D eigenvalue weighted by atomic mass is 16.4. The molecule has 1 atom stereocenters. The molecule has 5 nitrogen and oxygen atoms in total. The Balaban J connectivity index is 2.05. The summed E-state index contributed by atoms with van der Waals surface area (Å²) in [7, 11) is 2.15. The van der Waals surface area contributed by atoms with E-state index in [-0.39, 0.29) is 6.04 Å². The van der Waals surface area contributed by atoms with Gasteiger partial charge in [0.05, 0.1) is 0 Å². The van der Waals surface area contributed by atoms with Crippen LogP contribution in [0, 0.1) is 0 Å². The number of nitrogens with one attached hydrogen (secondary N) is 1. The van der Waals surface area contributed by atoms with E-state index in [2.05, 4.69) is 22.2 Å². The highest BCUT2D eigenvalue weighted by Gasteiger charge is 2.15. The number of carboxylic acids is 1. The normalized spacial score (nSPS) is 20.4. The van der Waals surface area contributed by atoms with Crippen molar-refractivity contribution in [2.75, 3.05) is 46.3 Å². The Kier molecular flexibility index (Phi) is 6.47. The summed E-state index contributed by atoms with van der Waals surface area (Å²) in [6, 6.07) is -0.387. The van der Waals surface area contributed by atoms with Crippen LogP contribution in [0.1, 0.15) is 19.8 Å². The Morgan fingerprint density at radius 1 is 1.35 bits per heavy atom. The van der Waals surface area contributed by atoms with Gasteiger partial charge in [0.1, 0.15) is 6.04 Å². The Bertz CT molecular complexity index is 228. The van der Waals surface area contributed by atoms with Gasteiger partial charge in [0.15, 0.2) is 0 Å². The van der Waals surface area contributed by atoms with Crippen molar-refractivity contribution < 1.29 is 9.90 Å². The van der Waals surface area contributed by atoms with Crippen molar-refractivity contribution in [2.24, 2.45) is 0 Å². The fourth-order valence-corrected chi connectivity index (χ4v) is 2.06. The van der Waals surface area contributed by atoms with E-state index in [0.717, 1.165) is 45.7 Å². The second kappa shape index (κ2) is 7.63. The van der Waals surface area contributed by atoms with E-state index in [1.54, 1.807) is 0 Å². The van der Waals surface area contributed by atoms with E-state index in [1.807, 2.05) is 6.92 Å². The third-order valence-electron chi connectivity index (χ3n) is 3.34. The lowest BCUT2D eigenvalue weighted by atomic mass is 10.2. The second-order valence-corrected chi connectivity index (χ2v) is 4.75. The Labute approximate surface area is 104 Å². The molecule has 17 heavy (non-hydrogen) atoms. The molecule has 100 valence electrons. The van der Waals surface area contributed by atoms with Crippen LogP contribution in [0.2, 0.25) is 0 Å². The molecule has 0 bridgehead atoms. The average molecular weight is 243 g/mol. The molecule has 1 rings (SSSR count). The highest BCUT2D eigenvalue weighted by molar-refractivity contribution is 5.73. The molecule has 0 aromatic heterocycles. The molecule has 1 aliphatic rings. The van der Waals surface area contributed by atoms with E-state index in [0.29, 0.717) is 6.42 Å². The van der Waals surface area contributed by atoms with Crippen molar-refractivity contribution in [2.45, 2.75) is 25.8 Å². The van der Waals surface area contributed by atoms with E-state index in [4.69, 9.17) is 5.11 Å². The largest absolute Gasteiger partial charge is 0.480 e. The molecule has 1 fully saturated rings. The minimum Gasteiger partial charge on any atom is -0.480 e. The van der Waals surface area contributed by atoms with Crippen LogP contribution in [0.25, 0.3) is 0 Å². The third kappa shape index (κ3) is 5.48. The second-order valence-electron chi connectivity index (χ2n) is 4.75. The molecule has 1 saturated heterocycles. The lowest BCUT2D eigenvalue weighted by Gasteiger charge is -2.32. The van der Waals surface area contributed by atoms with Gasteiger partial charge >= 0.3 is 5.97 Å². The zero-order valence-corrected chi connectivity index (χ0v) is 11.0. The number of carboxylic acid groups (broad SMARTS) is 1. The highest BCUT2D eigenvalue weighted by Crippen LogP contribution is 2.00. The van der Waals surface area contributed by atoms with Crippen LogP contribution in [0.3, 0.4) is 0 Å². The minimum atomic E-state index is -0.743. The lowest BCUT2D eigenvalue weighted by Crippen LogP contribution is -2.45. The van der Waals surface area contributed by atoms with E-state index < -0.39 is 5.97 Å². The van der Waals surface area contributed by atoms with Gasteiger partial charge in [-0.25, -0.2) is 0 Å². The number of aliphatic carboxylic acids is 1. The van der Waals surface area contributed by atoms with Crippen molar-refractivity contribution >= 4 is 5.97 Å². The molecule has 0 saturated carbocycles. The van der Waals surface area contributed by atoms with Crippen LogP contribution in [-0.4, -0.2) is 73.2 Å². The number of piperazine rings is 1. The quantitative estimate of drug-likeness (QED) is 0.620. The average Bonchev–Trinajstić information content (AvgIpc) is 2.31. The number of nitrogens with zero attached hydrogens (tertiary/aromatic N) is 2. The first-order chi connectivity index (χ1) is 8.13. The fraction of sp³-hybridized carbons (Fsp3) is 0.917. The first-order valence-corrected chi connectivity index (χ1v) is 6.50. The van der Waals surface area contributed by atoms with Gasteiger partial charge in [-0.3, -0.25) is 4.79 Å². The zero-order chi connectivity index (χ0) is 12.7. The number of likely N-dealkylation sites (N-methyl/N-ethyl adjacent to an activating group) is 1. The zero-order valence-electron chi connectivity index (χ0n) is 11.0. The van der Waals surface area contributed by atoms with E-state index in [1.165, 1.54) is 0 Å². The predicted octanol–water partition coefficient (Wildman–Crippen LogP) is 0.0767. The maximum absolute atomic E-state index is 10.8. The number of carbonyl (C=O) groups is 1. The van der Waals surface area contributed by atoms with Crippen LogP contribution in [0.4, 0.5) is 0 Å². The topological polar surface area (TPSA) is 55.8 Å². The molecule has 1 heterocycles. The van der Waals surface area contributed by atoms with Gasteiger partial charge in [-0.05, 0) is 33.0 Å². The van der Waals surface area contributed by atoms with Crippen molar-refractivity contribution in [1.29, 1.82) is 0 Å². The molecule has 0 spiro atoms. The van der Waals surface area contributed by atoms with Crippen molar-refractivity contribution in [3.8, 4) is 0 Å². The van der Waals surface area contributed by atoms with Crippen LogP contribution >= 0.6 is 0 Å². The lowest BCUT2D eigenvalue weighted by molar-refractivity contribution is -0.139. The van der Waals surface area contributed by atoms with Gasteiger partial charge in [-0.1, -0.05) is 6.92 Å². The number of rotatable bonds is 7. The monoisotopic (exact) mass is 243 g/mol. The van der Waals surface area contributed by atoms with E-state index >= 15 is 0 Å². The first-order valence-electron chi connectivity index (χ1n) is 6.50. The smallest absolute Gasteiger partial charge is 0.320 e. The standard InChI is InChI=1S/C12H25N3O2/c1-3-11(12(16)17)13-5-4-6-15-9-7-14(2)8-10-15/h11,13H,3-10H2,1-2H3,(H,16,17). The Hall–Kier alpha value is -0.650. The summed E-state index contributed by atoms with van der Waals surface area (Å²) in [4.78, 5) is 15.6. The van der Waals surface area contributed by atoms with Gasteiger partial charge in [0.25, 0.3) is 0 Å². The van der Waals surface area contributed by atoms with Crippen LogP contribution in [0.15, 0.2) is 0 Å². The predicted molar refractivity (Wildman–Crippen MR) is 68.3 cm³/mol. The molecule has 2 N–H and O–H groups in total. The number of hydrogen-bond acceptors (Lipinski definition) is 4. The summed E-state index contributed by atoms with van der Waals surface area (Å²) < 4.78 is 0. The van der Waals surface area contributed by atoms with Crippen molar-refractivity contribution in [3.05, 3.63) is 0 Å². The first kappa shape index (κ1) is 14.4. The Morgan fingerprint density at radius 3 is 2.53 bits per heavy atom. The summed E-state index contributed by atoms with van der Waals surface area (Å²) in [5, 5.41) is 12.0. The van der Waals surface area contributed by atoms with Gasteiger partial charge in [-0.2, -0.15) is 0 Å². The maximum Gasteiger partial charge on any atom is 0.320 e. The molecule has 1 unspecified atom stereocenters. The summed E-state index contributed by atoms with van der Waals surface area (Å²) in [6.07, 6.45) is 1.66. The number of hydrogen-bond donors (Lipinski definition) is 2. The minimum absolute atomic E-state index is 0.387. The molecular weight excluding hydrogens is 218 g/mol. The molecule has 0 aliphatic carbocycles. The van der Waals surface area contributed by atoms with Gasteiger partial charge in [-0.15, -0.1) is 0 Å². The summed E-state index contributed by atoms with van der Waals surface area (Å²) >= 11 is 0. The summed E-state index contributed by atoms with van der Waals surface area (Å²) in [5.41, 5.74) is 0. The molecule has 0 aromatic rings. The molecule has 0 aromatic carbocycles. The molecule has 0 amide bonds.